The molecular formula is C15H15F2N3OS. The highest BCUT2D eigenvalue weighted by Crippen LogP contribution is 2.20. The normalized spacial score (nSPS) is 10.1. The Morgan fingerprint density at radius 2 is 2.00 bits per heavy atom. The van der Waals surface area contributed by atoms with Gasteiger partial charge in [-0.05, 0) is 30.8 Å². The number of thiocarbonyl (C=S) groups is 1. The number of hydrogen-bond acceptors (Lipinski definition) is 3. The van der Waals surface area contributed by atoms with E-state index in [1.54, 1.807) is 18.3 Å². The lowest BCUT2D eigenvalue weighted by atomic mass is 10.1. The van der Waals surface area contributed by atoms with Crippen LogP contribution in [-0.2, 0) is 6.42 Å². The number of aromatic nitrogens is 1. The Morgan fingerprint density at radius 1 is 1.27 bits per heavy atom. The third-order valence-corrected chi connectivity index (χ3v) is 3.16. The summed E-state index contributed by atoms with van der Waals surface area (Å²) in [6, 6.07) is 7.68. The molecule has 0 spiro atoms. The van der Waals surface area contributed by atoms with Crippen LogP contribution in [0.5, 0.6) is 5.75 Å². The second-order valence-corrected chi connectivity index (χ2v) is 4.82. The van der Waals surface area contributed by atoms with Gasteiger partial charge in [0.25, 0.3) is 0 Å². The minimum Gasteiger partial charge on any atom is -0.497 e. The van der Waals surface area contributed by atoms with Crippen LogP contribution in [0.25, 0.3) is 0 Å². The molecule has 0 saturated heterocycles. The molecule has 0 bridgehead atoms. The van der Waals surface area contributed by atoms with Crippen LogP contribution < -0.4 is 15.4 Å². The van der Waals surface area contributed by atoms with E-state index in [1.165, 1.54) is 7.11 Å². The number of hydrogen-bond donors (Lipinski definition) is 2. The van der Waals surface area contributed by atoms with Crippen molar-refractivity contribution >= 4 is 23.1 Å². The first kappa shape index (κ1) is 16.1. The van der Waals surface area contributed by atoms with Crippen molar-refractivity contribution in [3.8, 4) is 5.75 Å². The minimum atomic E-state index is -0.637. The molecule has 2 rings (SSSR count). The van der Waals surface area contributed by atoms with Gasteiger partial charge in [0, 0.05) is 30.4 Å². The zero-order valence-electron chi connectivity index (χ0n) is 11.9. The molecule has 0 fully saturated rings. The zero-order valence-corrected chi connectivity index (χ0v) is 12.7. The van der Waals surface area contributed by atoms with Crippen LogP contribution in [0.1, 0.15) is 5.56 Å². The quantitative estimate of drug-likeness (QED) is 0.829. The van der Waals surface area contributed by atoms with Crippen LogP contribution in [0.15, 0.2) is 36.5 Å². The Kier molecular flexibility index (Phi) is 5.60. The first-order chi connectivity index (χ1) is 10.6. The average Bonchev–Trinajstić information content (AvgIpc) is 2.50. The zero-order chi connectivity index (χ0) is 15.9. The summed E-state index contributed by atoms with van der Waals surface area (Å²) in [5, 5.41) is 6.10. The molecule has 0 amide bonds. The van der Waals surface area contributed by atoms with Gasteiger partial charge in [-0.3, -0.25) is 0 Å². The summed E-state index contributed by atoms with van der Waals surface area (Å²) in [5.41, 5.74) is -0.00561. The third-order valence-electron chi connectivity index (χ3n) is 2.92. The highest BCUT2D eigenvalue weighted by molar-refractivity contribution is 7.80. The maximum absolute atomic E-state index is 13.8. The van der Waals surface area contributed by atoms with Crippen LogP contribution in [0.4, 0.5) is 14.6 Å². The summed E-state index contributed by atoms with van der Waals surface area (Å²) in [7, 11) is 1.36. The van der Waals surface area contributed by atoms with E-state index in [2.05, 4.69) is 15.6 Å². The second-order valence-electron chi connectivity index (χ2n) is 4.42. The summed E-state index contributed by atoms with van der Waals surface area (Å²) < 4.78 is 32.3. The van der Waals surface area contributed by atoms with Crippen molar-refractivity contribution in [1.29, 1.82) is 0 Å². The van der Waals surface area contributed by atoms with Crippen LogP contribution in [0.2, 0.25) is 0 Å². The molecule has 2 aromatic rings. The van der Waals surface area contributed by atoms with Crippen LogP contribution >= 0.6 is 12.2 Å². The van der Waals surface area contributed by atoms with E-state index in [4.69, 9.17) is 17.0 Å². The highest BCUT2D eigenvalue weighted by Gasteiger charge is 2.11. The van der Waals surface area contributed by atoms with Gasteiger partial charge in [0.05, 0.1) is 7.11 Å². The number of nitrogens with one attached hydrogen (secondary N) is 2. The predicted molar refractivity (Wildman–Crippen MR) is 85.1 cm³/mol. The molecular weight excluding hydrogens is 308 g/mol. The summed E-state index contributed by atoms with van der Waals surface area (Å²) in [6.07, 6.45) is 1.79. The van der Waals surface area contributed by atoms with Crippen molar-refractivity contribution in [2.45, 2.75) is 6.42 Å². The van der Waals surface area contributed by atoms with Crippen molar-refractivity contribution < 1.29 is 13.5 Å². The minimum absolute atomic E-state index is 0.00561. The monoisotopic (exact) mass is 323 g/mol. The second kappa shape index (κ2) is 7.65. The number of benzene rings is 1. The standard InChI is InChI=1S/C15H15F2N3OS/c1-21-10-8-12(16)11(13(17)9-10)5-7-19-15(22)20-14-4-2-3-6-18-14/h2-4,6,8-9H,5,7H2,1H3,(H2,18,19,20,22). The van der Waals surface area contributed by atoms with Gasteiger partial charge in [0.15, 0.2) is 5.11 Å². The highest BCUT2D eigenvalue weighted by atomic mass is 32.1. The molecule has 0 unspecified atom stereocenters. The first-order valence-corrected chi connectivity index (χ1v) is 6.98. The van der Waals surface area contributed by atoms with Gasteiger partial charge >= 0.3 is 0 Å². The van der Waals surface area contributed by atoms with Crippen molar-refractivity contribution in [2.24, 2.45) is 0 Å². The molecule has 1 aromatic heterocycles. The molecule has 0 aliphatic heterocycles. The maximum atomic E-state index is 13.8. The van der Waals surface area contributed by atoms with Crippen molar-refractivity contribution in [3.63, 3.8) is 0 Å². The molecule has 0 radical (unpaired) electrons. The molecule has 1 heterocycles. The van der Waals surface area contributed by atoms with E-state index >= 15 is 0 Å². The Bertz CT molecular complexity index is 629. The van der Waals surface area contributed by atoms with E-state index in [9.17, 15) is 8.78 Å². The Hall–Kier alpha value is -2.28. The van der Waals surface area contributed by atoms with Crippen LogP contribution in [0, 0.1) is 11.6 Å². The third kappa shape index (κ3) is 4.36. The van der Waals surface area contributed by atoms with Gasteiger partial charge in [-0.1, -0.05) is 6.07 Å². The number of halogens is 2. The number of nitrogens with zero attached hydrogens (tertiary/aromatic N) is 1. The number of anilines is 1. The van der Waals surface area contributed by atoms with Crippen molar-refractivity contribution in [2.75, 3.05) is 19.0 Å². The Labute approximate surface area is 132 Å². The summed E-state index contributed by atoms with van der Waals surface area (Å²) in [5.74, 6) is -0.523. The molecule has 7 heteroatoms. The molecule has 116 valence electrons. The summed E-state index contributed by atoms with van der Waals surface area (Å²) in [6.45, 7) is 0.291. The topological polar surface area (TPSA) is 46.2 Å². The van der Waals surface area contributed by atoms with Crippen molar-refractivity contribution in [3.05, 3.63) is 53.7 Å². The van der Waals surface area contributed by atoms with Gasteiger partial charge in [-0.15, -0.1) is 0 Å². The molecule has 4 nitrogen and oxygen atoms in total. The van der Waals surface area contributed by atoms with E-state index in [0.717, 1.165) is 12.1 Å². The Balaban J connectivity index is 1.87. The maximum Gasteiger partial charge on any atom is 0.171 e. The molecule has 0 aliphatic rings. The summed E-state index contributed by atoms with van der Waals surface area (Å²) in [4.78, 5) is 4.06. The SMILES string of the molecule is COc1cc(F)c(CCNC(=S)Nc2ccccn2)c(F)c1. The largest absolute Gasteiger partial charge is 0.497 e. The number of methoxy groups -OCH3 is 1. The first-order valence-electron chi connectivity index (χ1n) is 6.58. The van der Waals surface area contributed by atoms with E-state index < -0.39 is 11.6 Å². The van der Waals surface area contributed by atoms with Crippen molar-refractivity contribution in [1.82, 2.24) is 10.3 Å². The number of ether oxygens (including phenoxy) is 1. The summed E-state index contributed by atoms with van der Waals surface area (Å²) >= 11 is 5.09. The van der Waals surface area contributed by atoms with Gasteiger partial charge in [0.1, 0.15) is 23.2 Å². The van der Waals surface area contributed by atoms with Gasteiger partial charge in [-0.2, -0.15) is 0 Å². The number of pyridine rings is 1. The lowest BCUT2D eigenvalue weighted by Crippen LogP contribution is -2.30. The van der Waals surface area contributed by atoms with E-state index in [0.29, 0.717) is 17.5 Å². The number of rotatable bonds is 5. The smallest absolute Gasteiger partial charge is 0.171 e. The molecule has 1 aromatic carbocycles. The average molecular weight is 323 g/mol. The fourth-order valence-electron chi connectivity index (χ4n) is 1.83. The van der Waals surface area contributed by atoms with E-state index in [1.807, 2.05) is 6.07 Å². The molecule has 2 N–H and O–H groups in total. The molecule has 0 atom stereocenters. The molecule has 0 aliphatic carbocycles. The molecule has 0 saturated carbocycles. The van der Waals surface area contributed by atoms with Crippen LogP contribution in [0.3, 0.4) is 0 Å². The van der Waals surface area contributed by atoms with E-state index in [-0.39, 0.29) is 17.7 Å². The fourth-order valence-corrected chi connectivity index (χ4v) is 2.04. The predicted octanol–water partition coefficient (Wildman–Crippen LogP) is 2.90. The lowest BCUT2D eigenvalue weighted by molar-refractivity contribution is 0.405. The Morgan fingerprint density at radius 3 is 2.59 bits per heavy atom. The lowest BCUT2D eigenvalue weighted by Gasteiger charge is -2.11. The van der Waals surface area contributed by atoms with Gasteiger partial charge in [-0.25, -0.2) is 13.8 Å². The van der Waals surface area contributed by atoms with Crippen LogP contribution in [-0.4, -0.2) is 23.8 Å². The van der Waals surface area contributed by atoms with Gasteiger partial charge in [0.2, 0.25) is 0 Å². The molecule has 22 heavy (non-hydrogen) atoms. The fraction of sp³-hybridized carbons (Fsp3) is 0.200. The van der Waals surface area contributed by atoms with Gasteiger partial charge < -0.3 is 15.4 Å².